The molecule has 0 bridgehead atoms. The number of hydrogen-bond donors (Lipinski definition) is 1. The molecule has 1 atom stereocenters. The van der Waals surface area contributed by atoms with Crippen LogP contribution in [0, 0.1) is 28.9 Å². The minimum Gasteiger partial charge on any atom is -0.364 e. The van der Waals surface area contributed by atoms with Crippen LogP contribution < -0.4 is 5.32 Å². The maximum absolute atomic E-state index is 11.2. The highest BCUT2D eigenvalue weighted by molar-refractivity contribution is 5.59. The fourth-order valence-corrected chi connectivity index (χ4v) is 1.83. The van der Waals surface area contributed by atoms with Crippen molar-refractivity contribution >= 4 is 11.5 Å². The third kappa shape index (κ3) is 3.68. The molecule has 0 amide bonds. The summed E-state index contributed by atoms with van der Waals surface area (Å²) in [7, 11) is 0. The smallest absolute Gasteiger partial charge is 0.333 e. The number of nitrogens with one attached hydrogen (secondary N) is 1. The molecule has 1 heterocycles. The third-order valence-corrected chi connectivity index (χ3v) is 3.44. The average molecular weight is 268 g/mol. The summed E-state index contributed by atoms with van der Waals surface area (Å²) >= 11 is 0. The zero-order valence-corrected chi connectivity index (χ0v) is 12.4. The maximum Gasteiger partial charge on any atom is 0.333 e. The largest absolute Gasteiger partial charge is 0.364 e. The van der Waals surface area contributed by atoms with Crippen LogP contribution in [-0.4, -0.2) is 21.2 Å². The van der Waals surface area contributed by atoms with Gasteiger partial charge >= 0.3 is 5.69 Å². The number of anilines is 1. The lowest BCUT2D eigenvalue weighted by molar-refractivity contribution is -0.384. The monoisotopic (exact) mass is 268 g/mol. The summed E-state index contributed by atoms with van der Waals surface area (Å²) in [5, 5.41) is 18.6. The van der Waals surface area contributed by atoms with Crippen molar-refractivity contribution in [1.29, 1.82) is 0 Å². The van der Waals surface area contributed by atoms with Crippen LogP contribution in [0.25, 0.3) is 0 Å². The molecule has 108 valence electrons. The molecular formula is C13H24N4O2. The van der Waals surface area contributed by atoms with E-state index >= 15 is 0 Å². The van der Waals surface area contributed by atoms with Crippen molar-refractivity contribution in [2.24, 2.45) is 11.8 Å². The van der Waals surface area contributed by atoms with Gasteiger partial charge in [0.15, 0.2) is 0 Å². The zero-order valence-electron chi connectivity index (χ0n) is 12.4. The minimum atomic E-state index is -0.350. The Morgan fingerprint density at radius 2 is 2.05 bits per heavy atom. The van der Waals surface area contributed by atoms with Gasteiger partial charge in [0.25, 0.3) is 0 Å². The lowest BCUT2D eigenvalue weighted by atomic mass is 9.98. The first kappa shape index (κ1) is 15.5. The van der Waals surface area contributed by atoms with Crippen LogP contribution >= 0.6 is 0 Å². The summed E-state index contributed by atoms with van der Waals surface area (Å²) in [6.45, 7) is 11.5. The molecule has 19 heavy (non-hydrogen) atoms. The molecule has 1 rings (SSSR count). The lowest BCUT2D eigenvalue weighted by Gasteiger charge is -2.17. The van der Waals surface area contributed by atoms with E-state index < -0.39 is 0 Å². The second kappa shape index (κ2) is 6.54. The summed E-state index contributed by atoms with van der Waals surface area (Å²) in [5.41, 5.74) is 0.572. The van der Waals surface area contributed by atoms with Gasteiger partial charge in [0, 0.05) is 13.1 Å². The normalized spacial score (nSPS) is 12.7. The SMILES string of the molecule is CCCn1nc(C)c([N+](=O)[O-])c1NCC(C)C(C)C. The molecule has 0 fully saturated rings. The topological polar surface area (TPSA) is 73.0 Å². The van der Waals surface area contributed by atoms with Gasteiger partial charge in [0.1, 0.15) is 5.69 Å². The van der Waals surface area contributed by atoms with E-state index in [1.54, 1.807) is 11.6 Å². The molecule has 0 spiro atoms. The van der Waals surface area contributed by atoms with Gasteiger partial charge in [0.2, 0.25) is 5.82 Å². The lowest BCUT2D eigenvalue weighted by Crippen LogP contribution is -2.19. The first-order chi connectivity index (χ1) is 8.88. The van der Waals surface area contributed by atoms with Gasteiger partial charge < -0.3 is 5.32 Å². The van der Waals surface area contributed by atoms with Gasteiger partial charge in [-0.3, -0.25) is 10.1 Å². The molecule has 0 saturated heterocycles. The van der Waals surface area contributed by atoms with E-state index in [1.165, 1.54) is 0 Å². The van der Waals surface area contributed by atoms with Crippen molar-refractivity contribution in [3.05, 3.63) is 15.8 Å². The minimum absolute atomic E-state index is 0.101. The third-order valence-electron chi connectivity index (χ3n) is 3.44. The Bertz CT molecular complexity index is 440. The van der Waals surface area contributed by atoms with Gasteiger partial charge in [-0.2, -0.15) is 5.10 Å². The van der Waals surface area contributed by atoms with Crippen LogP contribution in [-0.2, 0) is 6.54 Å². The zero-order chi connectivity index (χ0) is 14.6. The highest BCUT2D eigenvalue weighted by Crippen LogP contribution is 2.28. The Balaban J connectivity index is 2.98. The first-order valence-electron chi connectivity index (χ1n) is 6.84. The van der Waals surface area contributed by atoms with Crippen LogP contribution in [0.4, 0.5) is 11.5 Å². The molecule has 0 aliphatic rings. The summed E-state index contributed by atoms with van der Waals surface area (Å²) in [6, 6.07) is 0. The number of hydrogen-bond acceptors (Lipinski definition) is 4. The molecule has 1 aromatic heterocycles. The second-order valence-corrected chi connectivity index (χ2v) is 5.37. The predicted octanol–water partition coefficient (Wildman–Crippen LogP) is 3.21. The van der Waals surface area contributed by atoms with Crippen LogP contribution in [0.3, 0.4) is 0 Å². The van der Waals surface area contributed by atoms with Gasteiger partial charge in [0.05, 0.1) is 4.92 Å². The van der Waals surface area contributed by atoms with E-state index in [4.69, 9.17) is 0 Å². The number of aryl methyl sites for hydroxylation is 2. The Morgan fingerprint density at radius 1 is 1.42 bits per heavy atom. The standard InChI is InChI=1S/C13H24N4O2/c1-6-7-16-13(14-8-10(4)9(2)3)12(17(18)19)11(5)15-16/h9-10,14H,6-8H2,1-5H3. The molecule has 0 aromatic carbocycles. The molecule has 1 aromatic rings. The van der Waals surface area contributed by atoms with Crippen molar-refractivity contribution in [3.8, 4) is 0 Å². The van der Waals surface area contributed by atoms with Crippen LogP contribution in [0.5, 0.6) is 0 Å². The second-order valence-electron chi connectivity index (χ2n) is 5.37. The van der Waals surface area contributed by atoms with Gasteiger partial charge in [-0.15, -0.1) is 0 Å². The van der Waals surface area contributed by atoms with E-state index in [1.807, 2.05) is 6.92 Å². The summed E-state index contributed by atoms with van der Waals surface area (Å²) < 4.78 is 1.71. The number of nitro groups is 1. The predicted molar refractivity (Wildman–Crippen MR) is 76.4 cm³/mol. The van der Waals surface area contributed by atoms with Crippen LogP contribution in [0.2, 0.25) is 0 Å². The molecule has 0 radical (unpaired) electrons. The average Bonchev–Trinajstić information content (AvgIpc) is 2.62. The summed E-state index contributed by atoms with van der Waals surface area (Å²) in [4.78, 5) is 10.8. The van der Waals surface area contributed by atoms with Crippen molar-refractivity contribution in [3.63, 3.8) is 0 Å². The van der Waals surface area contributed by atoms with E-state index in [2.05, 4.69) is 31.2 Å². The molecule has 0 aliphatic carbocycles. The van der Waals surface area contributed by atoms with E-state index in [0.717, 1.165) is 6.42 Å². The van der Waals surface area contributed by atoms with Crippen molar-refractivity contribution < 1.29 is 4.92 Å². The molecule has 6 heteroatoms. The Hall–Kier alpha value is -1.59. The summed E-state index contributed by atoms with van der Waals surface area (Å²) in [6.07, 6.45) is 0.896. The summed E-state index contributed by atoms with van der Waals surface area (Å²) in [5.74, 6) is 1.52. The van der Waals surface area contributed by atoms with Crippen molar-refractivity contribution in [2.75, 3.05) is 11.9 Å². The molecule has 1 N–H and O–H groups in total. The van der Waals surface area contributed by atoms with Crippen LogP contribution in [0.15, 0.2) is 0 Å². The fourth-order valence-electron chi connectivity index (χ4n) is 1.83. The molecule has 0 saturated carbocycles. The molecule has 1 unspecified atom stereocenters. The molecule has 0 aliphatic heterocycles. The van der Waals surface area contributed by atoms with Gasteiger partial charge in [-0.1, -0.05) is 27.7 Å². The van der Waals surface area contributed by atoms with Crippen molar-refractivity contribution in [1.82, 2.24) is 9.78 Å². The molecule has 6 nitrogen and oxygen atoms in total. The highest BCUT2D eigenvalue weighted by atomic mass is 16.6. The Labute approximate surface area is 114 Å². The Morgan fingerprint density at radius 3 is 2.53 bits per heavy atom. The highest BCUT2D eigenvalue weighted by Gasteiger charge is 2.25. The van der Waals surface area contributed by atoms with Gasteiger partial charge in [-0.25, -0.2) is 4.68 Å². The first-order valence-corrected chi connectivity index (χ1v) is 6.84. The number of aromatic nitrogens is 2. The van der Waals surface area contributed by atoms with Gasteiger partial charge in [-0.05, 0) is 25.2 Å². The molecular weight excluding hydrogens is 244 g/mol. The van der Waals surface area contributed by atoms with E-state index in [9.17, 15) is 10.1 Å². The Kier molecular flexibility index (Phi) is 5.32. The quantitative estimate of drug-likeness (QED) is 0.608. The van der Waals surface area contributed by atoms with E-state index in [0.29, 0.717) is 36.4 Å². The maximum atomic E-state index is 11.2. The number of rotatable bonds is 7. The van der Waals surface area contributed by atoms with Crippen molar-refractivity contribution in [2.45, 2.75) is 47.6 Å². The van der Waals surface area contributed by atoms with E-state index in [-0.39, 0.29) is 10.6 Å². The van der Waals surface area contributed by atoms with Crippen LogP contribution in [0.1, 0.15) is 39.8 Å². The fraction of sp³-hybridized carbons (Fsp3) is 0.769. The number of nitrogens with zero attached hydrogens (tertiary/aromatic N) is 3.